The van der Waals surface area contributed by atoms with Gasteiger partial charge >= 0.3 is 0 Å². The van der Waals surface area contributed by atoms with Gasteiger partial charge < -0.3 is 20.1 Å². The number of aromatic nitrogens is 1. The molecular weight excluding hydrogens is 398 g/mol. The third kappa shape index (κ3) is 5.89. The Labute approximate surface area is 179 Å². The molecule has 0 radical (unpaired) electrons. The lowest BCUT2D eigenvalue weighted by Crippen LogP contribution is -2.21. The topological polar surface area (TPSA) is 107 Å². The average molecular weight is 419 g/mol. The van der Waals surface area contributed by atoms with Gasteiger partial charge in [-0.1, -0.05) is 6.07 Å². The first-order valence-corrected chi connectivity index (χ1v) is 9.39. The quantitative estimate of drug-likeness (QED) is 0.541. The molecule has 0 spiro atoms. The summed E-state index contributed by atoms with van der Waals surface area (Å²) in [6.45, 7) is 1.18. The van der Waals surface area contributed by atoms with Crippen LogP contribution < -0.4 is 20.1 Å². The molecule has 1 heterocycles. The van der Waals surface area contributed by atoms with Crippen molar-refractivity contribution in [2.24, 2.45) is 0 Å². The molecule has 3 rings (SSSR count). The molecule has 158 valence electrons. The molecule has 0 aliphatic heterocycles. The van der Waals surface area contributed by atoms with Crippen molar-refractivity contribution in [1.29, 1.82) is 0 Å². The molecule has 2 N–H and O–H groups in total. The van der Waals surface area contributed by atoms with Gasteiger partial charge in [-0.15, -0.1) is 0 Å². The SMILES string of the molecule is COc1cc(C(C)=O)ccc1OCC(=O)Nc1cccc(C(=O)Nc2ccncc2)c1. The Morgan fingerprint density at radius 3 is 2.35 bits per heavy atom. The molecule has 0 bridgehead atoms. The molecule has 0 aliphatic carbocycles. The van der Waals surface area contributed by atoms with E-state index < -0.39 is 5.91 Å². The summed E-state index contributed by atoms with van der Waals surface area (Å²) in [5.74, 6) is -0.128. The molecule has 0 saturated carbocycles. The normalized spacial score (nSPS) is 10.1. The van der Waals surface area contributed by atoms with E-state index in [-0.39, 0.29) is 18.3 Å². The van der Waals surface area contributed by atoms with Crippen LogP contribution in [0.25, 0.3) is 0 Å². The molecule has 0 fully saturated rings. The first-order chi connectivity index (χ1) is 15.0. The van der Waals surface area contributed by atoms with E-state index in [2.05, 4.69) is 15.6 Å². The van der Waals surface area contributed by atoms with Crippen molar-refractivity contribution >= 4 is 29.0 Å². The molecule has 8 nitrogen and oxygen atoms in total. The minimum absolute atomic E-state index is 0.101. The predicted octanol–water partition coefficient (Wildman–Crippen LogP) is 3.56. The first kappa shape index (κ1) is 21.5. The number of benzene rings is 2. The van der Waals surface area contributed by atoms with Gasteiger partial charge in [-0.05, 0) is 55.5 Å². The number of carbonyl (C=O) groups is 3. The van der Waals surface area contributed by atoms with Crippen LogP contribution in [0.2, 0.25) is 0 Å². The van der Waals surface area contributed by atoms with E-state index in [0.717, 1.165) is 0 Å². The number of rotatable bonds is 8. The van der Waals surface area contributed by atoms with Crippen molar-refractivity contribution in [1.82, 2.24) is 4.98 Å². The highest BCUT2D eigenvalue weighted by Crippen LogP contribution is 2.28. The van der Waals surface area contributed by atoms with E-state index >= 15 is 0 Å². The number of hydrogen-bond acceptors (Lipinski definition) is 6. The zero-order valence-electron chi connectivity index (χ0n) is 17.0. The number of amides is 2. The van der Waals surface area contributed by atoms with Gasteiger partial charge in [-0.25, -0.2) is 0 Å². The van der Waals surface area contributed by atoms with E-state index in [1.807, 2.05) is 0 Å². The lowest BCUT2D eigenvalue weighted by Gasteiger charge is -2.12. The van der Waals surface area contributed by atoms with Gasteiger partial charge in [0.1, 0.15) is 0 Å². The Bertz CT molecular complexity index is 1100. The molecule has 0 atom stereocenters. The maximum atomic E-state index is 12.4. The first-order valence-electron chi connectivity index (χ1n) is 9.39. The second-order valence-electron chi connectivity index (χ2n) is 6.53. The second kappa shape index (κ2) is 10.0. The van der Waals surface area contributed by atoms with Crippen molar-refractivity contribution in [3.05, 3.63) is 78.1 Å². The minimum Gasteiger partial charge on any atom is -0.493 e. The third-order valence-electron chi connectivity index (χ3n) is 4.28. The fourth-order valence-corrected chi connectivity index (χ4v) is 2.72. The van der Waals surface area contributed by atoms with Crippen molar-refractivity contribution in [3.8, 4) is 11.5 Å². The highest BCUT2D eigenvalue weighted by molar-refractivity contribution is 6.05. The van der Waals surface area contributed by atoms with E-state index in [1.165, 1.54) is 14.0 Å². The van der Waals surface area contributed by atoms with Crippen molar-refractivity contribution < 1.29 is 23.9 Å². The van der Waals surface area contributed by atoms with Crippen LogP contribution in [0, 0.1) is 0 Å². The molecule has 0 aliphatic rings. The zero-order chi connectivity index (χ0) is 22.2. The fourth-order valence-electron chi connectivity index (χ4n) is 2.72. The molecular formula is C23H21N3O5. The van der Waals surface area contributed by atoms with Crippen molar-refractivity contribution in [3.63, 3.8) is 0 Å². The van der Waals surface area contributed by atoms with Crippen LogP contribution in [0.5, 0.6) is 11.5 Å². The molecule has 2 aromatic carbocycles. The van der Waals surface area contributed by atoms with Gasteiger partial charge in [0, 0.05) is 34.9 Å². The minimum atomic E-state index is -0.413. The summed E-state index contributed by atoms with van der Waals surface area (Å²) in [5.41, 5.74) is 1.94. The smallest absolute Gasteiger partial charge is 0.262 e. The maximum absolute atomic E-state index is 12.4. The number of methoxy groups -OCH3 is 1. The summed E-state index contributed by atoms with van der Waals surface area (Å²) in [6.07, 6.45) is 3.16. The van der Waals surface area contributed by atoms with E-state index in [9.17, 15) is 14.4 Å². The van der Waals surface area contributed by atoms with E-state index in [1.54, 1.807) is 67.0 Å². The van der Waals surface area contributed by atoms with Crippen molar-refractivity contribution in [2.75, 3.05) is 24.4 Å². The van der Waals surface area contributed by atoms with Gasteiger partial charge in [0.15, 0.2) is 23.9 Å². The monoisotopic (exact) mass is 419 g/mol. The summed E-state index contributed by atoms with van der Waals surface area (Å²) in [7, 11) is 1.45. The van der Waals surface area contributed by atoms with Crippen LogP contribution in [0.3, 0.4) is 0 Å². The largest absolute Gasteiger partial charge is 0.493 e. The second-order valence-corrected chi connectivity index (χ2v) is 6.53. The maximum Gasteiger partial charge on any atom is 0.262 e. The third-order valence-corrected chi connectivity index (χ3v) is 4.28. The Kier molecular flexibility index (Phi) is 6.95. The predicted molar refractivity (Wildman–Crippen MR) is 116 cm³/mol. The number of nitrogens with one attached hydrogen (secondary N) is 2. The number of ether oxygens (including phenoxy) is 2. The molecule has 8 heteroatoms. The number of carbonyl (C=O) groups excluding carboxylic acids is 3. The number of hydrogen-bond donors (Lipinski definition) is 2. The van der Waals surface area contributed by atoms with Crippen LogP contribution in [0.4, 0.5) is 11.4 Å². The standard InChI is InChI=1S/C23H21N3O5/c1-15(27)16-6-7-20(21(13-16)30-2)31-14-22(28)25-19-5-3-4-17(12-19)23(29)26-18-8-10-24-11-9-18/h3-13H,14H2,1-2H3,(H,25,28)(H,24,26,29). The number of pyridine rings is 1. The summed E-state index contributed by atoms with van der Waals surface area (Å²) < 4.78 is 10.7. The van der Waals surface area contributed by atoms with E-state index in [0.29, 0.717) is 34.0 Å². The van der Waals surface area contributed by atoms with Gasteiger partial charge in [-0.2, -0.15) is 0 Å². The van der Waals surface area contributed by atoms with Gasteiger partial charge in [0.25, 0.3) is 11.8 Å². The summed E-state index contributed by atoms with van der Waals surface area (Å²) in [6, 6.07) is 14.6. The number of Topliss-reactive ketones (excluding diaryl/α,β-unsaturated/α-hetero) is 1. The lowest BCUT2D eigenvalue weighted by molar-refractivity contribution is -0.118. The van der Waals surface area contributed by atoms with Crippen LogP contribution in [0.15, 0.2) is 67.0 Å². The molecule has 0 saturated heterocycles. The fraction of sp³-hybridized carbons (Fsp3) is 0.130. The Morgan fingerprint density at radius 1 is 0.871 bits per heavy atom. The lowest BCUT2D eigenvalue weighted by atomic mass is 10.1. The number of nitrogens with zero attached hydrogens (tertiary/aromatic N) is 1. The van der Waals surface area contributed by atoms with Crippen LogP contribution >= 0.6 is 0 Å². The van der Waals surface area contributed by atoms with Gasteiger partial charge in [-0.3, -0.25) is 19.4 Å². The van der Waals surface area contributed by atoms with Crippen LogP contribution in [0.1, 0.15) is 27.6 Å². The zero-order valence-corrected chi connectivity index (χ0v) is 17.0. The highest BCUT2D eigenvalue weighted by Gasteiger charge is 2.12. The Morgan fingerprint density at radius 2 is 1.65 bits per heavy atom. The molecule has 1 aromatic heterocycles. The van der Waals surface area contributed by atoms with Gasteiger partial charge in [0.05, 0.1) is 7.11 Å². The molecule has 0 unspecified atom stereocenters. The summed E-state index contributed by atoms with van der Waals surface area (Å²) in [4.78, 5) is 40.1. The van der Waals surface area contributed by atoms with E-state index in [4.69, 9.17) is 9.47 Å². The van der Waals surface area contributed by atoms with Crippen LogP contribution in [-0.4, -0.2) is 36.3 Å². The van der Waals surface area contributed by atoms with Crippen molar-refractivity contribution in [2.45, 2.75) is 6.92 Å². The Hall–Kier alpha value is -4.20. The summed E-state index contributed by atoms with van der Waals surface area (Å²) >= 11 is 0. The number of ketones is 1. The van der Waals surface area contributed by atoms with Crippen LogP contribution in [-0.2, 0) is 4.79 Å². The summed E-state index contributed by atoms with van der Waals surface area (Å²) in [5, 5.41) is 5.45. The molecule has 3 aromatic rings. The molecule has 31 heavy (non-hydrogen) atoms. The highest BCUT2D eigenvalue weighted by atomic mass is 16.5. The van der Waals surface area contributed by atoms with Gasteiger partial charge in [0.2, 0.25) is 0 Å². The Balaban J connectivity index is 1.60. The number of anilines is 2. The molecule has 2 amide bonds. The average Bonchev–Trinajstić information content (AvgIpc) is 2.78.